The van der Waals surface area contributed by atoms with Gasteiger partial charge in [0.05, 0.1) is 18.2 Å². The number of amides is 1. The third-order valence-electron chi connectivity index (χ3n) is 3.32. The van der Waals surface area contributed by atoms with Gasteiger partial charge >= 0.3 is 0 Å². The van der Waals surface area contributed by atoms with Gasteiger partial charge in [-0.2, -0.15) is 0 Å². The van der Waals surface area contributed by atoms with E-state index in [4.69, 9.17) is 10.5 Å². The molecular weight excluding hydrogens is 264 g/mol. The van der Waals surface area contributed by atoms with E-state index in [0.717, 1.165) is 5.56 Å². The van der Waals surface area contributed by atoms with Gasteiger partial charge in [-0.05, 0) is 45.0 Å². The minimum absolute atomic E-state index is 0.0385. The lowest BCUT2D eigenvalue weighted by atomic mass is 10.0. The summed E-state index contributed by atoms with van der Waals surface area (Å²) in [5.41, 5.74) is 6.59. The van der Waals surface area contributed by atoms with Crippen molar-refractivity contribution >= 4 is 5.91 Å². The van der Waals surface area contributed by atoms with Crippen LogP contribution in [0.25, 0.3) is 0 Å². The zero-order valence-electron chi connectivity index (χ0n) is 12.8. The summed E-state index contributed by atoms with van der Waals surface area (Å²) >= 11 is 0. The Hall–Kier alpha value is -1.83. The number of nitrogens with two attached hydrogens (primary N) is 1. The fourth-order valence-electron chi connectivity index (χ4n) is 2.64. The standard InChI is InChI=1S/C17H22N2O2/c1-13-11-19(12-17(2,3)21-13)16(20)15-8-6-14(7-9-15)5-4-10-18/h6-9,13H,10-12,18H2,1-3H3. The van der Waals surface area contributed by atoms with Gasteiger partial charge in [-0.15, -0.1) is 0 Å². The van der Waals surface area contributed by atoms with Crippen molar-refractivity contribution in [2.75, 3.05) is 19.6 Å². The summed E-state index contributed by atoms with van der Waals surface area (Å²) in [5, 5.41) is 0. The molecule has 4 nitrogen and oxygen atoms in total. The second-order valence-electron chi connectivity index (χ2n) is 5.96. The maximum atomic E-state index is 12.6. The number of carbonyl (C=O) groups excluding carboxylic acids is 1. The molecule has 1 unspecified atom stereocenters. The van der Waals surface area contributed by atoms with Gasteiger partial charge in [0.1, 0.15) is 0 Å². The van der Waals surface area contributed by atoms with Crippen molar-refractivity contribution in [3.8, 4) is 11.8 Å². The van der Waals surface area contributed by atoms with E-state index >= 15 is 0 Å². The van der Waals surface area contributed by atoms with Gasteiger partial charge < -0.3 is 15.4 Å². The Bertz CT molecular complexity index is 567. The SMILES string of the molecule is CC1CN(C(=O)c2ccc(C#CCN)cc2)CC(C)(C)O1. The summed E-state index contributed by atoms with van der Waals surface area (Å²) in [4.78, 5) is 14.4. The molecule has 0 saturated carbocycles. The Kier molecular flexibility index (Phi) is 4.66. The summed E-state index contributed by atoms with van der Waals surface area (Å²) < 4.78 is 5.83. The summed E-state index contributed by atoms with van der Waals surface area (Å²) in [7, 11) is 0. The highest BCUT2D eigenvalue weighted by Gasteiger charge is 2.33. The number of rotatable bonds is 1. The van der Waals surface area contributed by atoms with Crippen LogP contribution in [0.4, 0.5) is 0 Å². The maximum absolute atomic E-state index is 12.6. The van der Waals surface area contributed by atoms with Crippen molar-refractivity contribution in [1.29, 1.82) is 0 Å². The quantitative estimate of drug-likeness (QED) is 0.798. The monoisotopic (exact) mass is 286 g/mol. The summed E-state index contributed by atoms with van der Waals surface area (Å²) in [6.45, 7) is 7.57. The van der Waals surface area contributed by atoms with Gasteiger partial charge in [-0.1, -0.05) is 11.8 Å². The molecule has 0 bridgehead atoms. The van der Waals surface area contributed by atoms with Crippen molar-refractivity contribution in [3.05, 3.63) is 35.4 Å². The number of hydrogen-bond donors (Lipinski definition) is 1. The first kappa shape index (κ1) is 15.6. The van der Waals surface area contributed by atoms with Crippen LogP contribution in [0.3, 0.4) is 0 Å². The molecule has 1 atom stereocenters. The van der Waals surface area contributed by atoms with E-state index in [-0.39, 0.29) is 17.6 Å². The first-order chi connectivity index (χ1) is 9.91. The van der Waals surface area contributed by atoms with Gasteiger partial charge in [-0.3, -0.25) is 4.79 Å². The predicted molar refractivity (Wildman–Crippen MR) is 82.9 cm³/mol. The molecule has 0 radical (unpaired) electrons. The molecule has 112 valence electrons. The molecule has 1 saturated heterocycles. The molecule has 1 amide bonds. The molecule has 2 N–H and O–H groups in total. The molecule has 21 heavy (non-hydrogen) atoms. The van der Waals surface area contributed by atoms with Crippen LogP contribution in [0.1, 0.15) is 36.7 Å². The normalized spacial score (nSPS) is 20.6. The zero-order valence-corrected chi connectivity index (χ0v) is 12.8. The van der Waals surface area contributed by atoms with Crippen LogP contribution < -0.4 is 5.73 Å². The average Bonchev–Trinajstić information content (AvgIpc) is 2.42. The second kappa shape index (κ2) is 6.30. The molecule has 1 fully saturated rings. The second-order valence-corrected chi connectivity index (χ2v) is 5.96. The van der Waals surface area contributed by atoms with Gasteiger partial charge in [0.15, 0.2) is 0 Å². The van der Waals surface area contributed by atoms with Crippen molar-refractivity contribution in [3.63, 3.8) is 0 Å². The molecule has 0 aliphatic carbocycles. The van der Waals surface area contributed by atoms with Crippen LogP contribution in [0.5, 0.6) is 0 Å². The van der Waals surface area contributed by atoms with E-state index in [1.54, 1.807) is 0 Å². The van der Waals surface area contributed by atoms with E-state index in [1.165, 1.54) is 0 Å². The Labute approximate surface area is 126 Å². The predicted octanol–water partition coefficient (Wildman–Crippen LogP) is 1.64. The number of hydrogen-bond acceptors (Lipinski definition) is 3. The van der Waals surface area contributed by atoms with Gasteiger partial charge in [0.25, 0.3) is 5.91 Å². The van der Waals surface area contributed by atoms with Crippen LogP contribution in [-0.4, -0.2) is 42.1 Å². The van der Waals surface area contributed by atoms with E-state index in [2.05, 4.69) is 11.8 Å². The highest BCUT2D eigenvalue weighted by atomic mass is 16.5. The fourth-order valence-corrected chi connectivity index (χ4v) is 2.64. The highest BCUT2D eigenvalue weighted by Crippen LogP contribution is 2.22. The largest absolute Gasteiger partial charge is 0.369 e. The van der Waals surface area contributed by atoms with Crippen LogP contribution in [0.15, 0.2) is 24.3 Å². The first-order valence-corrected chi connectivity index (χ1v) is 7.17. The zero-order chi connectivity index (χ0) is 15.5. The Morgan fingerprint density at radius 1 is 1.43 bits per heavy atom. The number of ether oxygens (including phenoxy) is 1. The summed E-state index contributed by atoms with van der Waals surface area (Å²) in [6.07, 6.45) is 0.0485. The molecule has 1 aromatic carbocycles. The minimum Gasteiger partial charge on any atom is -0.369 e. The molecule has 1 aromatic rings. The highest BCUT2D eigenvalue weighted by molar-refractivity contribution is 5.94. The molecule has 0 spiro atoms. The maximum Gasteiger partial charge on any atom is 0.254 e. The topological polar surface area (TPSA) is 55.6 Å². The molecule has 1 aliphatic heterocycles. The van der Waals surface area contributed by atoms with Crippen LogP contribution in [-0.2, 0) is 4.74 Å². The smallest absolute Gasteiger partial charge is 0.254 e. The van der Waals surface area contributed by atoms with Crippen molar-refractivity contribution in [2.24, 2.45) is 5.73 Å². The molecule has 1 heterocycles. The molecule has 4 heteroatoms. The average molecular weight is 286 g/mol. The molecule has 0 aromatic heterocycles. The van der Waals surface area contributed by atoms with E-state index < -0.39 is 0 Å². The van der Waals surface area contributed by atoms with Gasteiger partial charge in [0.2, 0.25) is 0 Å². The number of carbonyl (C=O) groups is 1. The molecule has 1 aliphatic rings. The number of benzene rings is 1. The van der Waals surface area contributed by atoms with E-state index in [9.17, 15) is 4.79 Å². The third-order valence-corrected chi connectivity index (χ3v) is 3.32. The lowest BCUT2D eigenvalue weighted by molar-refractivity contribution is -0.118. The number of nitrogens with zero attached hydrogens (tertiary/aromatic N) is 1. The minimum atomic E-state index is -0.306. The summed E-state index contributed by atoms with van der Waals surface area (Å²) in [5.74, 6) is 5.79. The Morgan fingerprint density at radius 3 is 2.67 bits per heavy atom. The number of morpholine rings is 1. The van der Waals surface area contributed by atoms with Gasteiger partial charge in [-0.25, -0.2) is 0 Å². The Balaban J connectivity index is 2.12. The summed E-state index contributed by atoms with van der Waals surface area (Å²) in [6, 6.07) is 7.34. The van der Waals surface area contributed by atoms with Crippen LogP contribution in [0, 0.1) is 11.8 Å². The third kappa shape index (κ3) is 4.07. The van der Waals surface area contributed by atoms with Crippen molar-refractivity contribution in [2.45, 2.75) is 32.5 Å². The molecular formula is C17H22N2O2. The van der Waals surface area contributed by atoms with Gasteiger partial charge in [0, 0.05) is 24.2 Å². The van der Waals surface area contributed by atoms with Crippen LogP contribution in [0.2, 0.25) is 0 Å². The molecule has 2 rings (SSSR count). The fraction of sp³-hybridized carbons (Fsp3) is 0.471. The first-order valence-electron chi connectivity index (χ1n) is 7.17. The van der Waals surface area contributed by atoms with E-state index in [0.29, 0.717) is 25.2 Å². The van der Waals surface area contributed by atoms with Crippen molar-refractivity contribution in [1.82, 2.24) is 4.90 Å². The lowest BCUT2D eigenvalue weighted by Gasteiger charge is -2.41. The van der Waals surface area contributed by atoms with Crippen molar-refractivity contribution < 1.29 is 9.53 Å². The van der Waals surface area contributed by atoms with Crippen LogP contribution >= 0.6 is 0 Å². The lowest BCUT2D eigenvalue weighted by Crippen LogP contribution is -2.53. The van der Waals surface area contributed by atoms with E-state index in [1.807, 2.05) is 49.9 Å². The Morgan fingerprint density at radius 2 is 2.10 bits per heavy atom.